The van der Waals surface area contributed by atoms with Crippen molar-refractivity contribution in [3.63, 3.8) is 0 Å². The van der Waals surface area contributed by atoms with Gasteiger partial charge in [-0.1, -0.05) is 30.3 Å². The summed E-state index contributed by atoms with van der Waals surface area (Å²) in [6.07, 6.45) is 3.35. The normalized spacial score (nSPS) is 9.95. The minimum Gasteiger partial charge on any atom is -0.488 e. The maximum atomic E-state index is 11.9. The number of rotatable bonds is 6. The molecular weight excluding hydrogens is 252 g/mol. The Morgan fingerprint density at radius 1 is 1.15 bits per heavy atom. The van der Waals surface area contributed by atoms with Gasteiger partial charge in [0.2, 0.25) is 0 Å². The van der Waals surface area contributed by atoms with Crippen LogP contribution in [0, 0.1) is 11.3 Å². The number of aromatic nitrogens is 1. The molecule has 0 atom stereocenters. The summed E-state index contributed by atoms with van der Waals surface area (Å²) in [5.74, 6) is 0.302. The Bertz CT molecular complexity index is 642. The van der Waals surface area contributed by atoms with Crippen LogP contribution >= 0.6 is 0 Å². The van der Waals surface area contributed by atoms with Crippen molar-refractivity contribution >= 4 is 0 Å². The smallest absolute Gasteiger partial charge is 0.293 e. The first-order chi connectivity index (χ1) is 9.81. The van der Waals surface area contributed by atoms with E-state index in [4.69, 9.17) is 10.00 Å². The van der Waals surface area contributed by atoms with Gasteiger partial charge in [0.15, 0.2) is 5.75 Å². The van der Waals surface area contributed by atoms with Gasteiger partial charge >= 0.3 is 0 Å². The monoisotopic (exact) mass is 268 g/mol. The Morgan fingerprint density at radius 3 is 2.70 bits per heavy atom. The van der Waals surface area contributed by atoms with Gasteiger partial charge in [-0.3, -0.25) is 9.36 Å². The zero-order valence-corrected chi connectivity index (χ0v) is 11.2. The lowest BCUT2D eigenvalue weighted by Crippen LogP contribution is -2.21. The number of benzene rings is 1. The molecule has 1 aromatic carbocycles. The molecule has 1 aromatic heterocycles. The first kappa shape index (κ1) is 13.9. The predicted octanol–water partition coefficient (Wildman–Crippen LogP) is 2.38. The molecule has 0 radical (unpaired) electrons. The van der Waals surface area contributed by atoms with Gasteiger partial charge in [0.05, 0.1) is 12.7 Å². The number of hydrogen-bond donors (Lipinski definition) is 0. The molecule has 0 unspecified atom stereocenters. The summed E-state index contributed by atoms with van der Waals surface area (Å²) in [5, 5.41) is 8.62. The molecule has 1 heterocycles. The molecule has 4 nitrogen and oxygen atoms in total. The topological polar surface area (TPSA) is 55.0 Å². The number of aryl methyl sites for hydroxylation is 1. The first-order valence-electron chi connectivity index (χ1n) is 6.54. The third-order valence-electron chi connectivity index (χ3n) is 2.94. The Hall–Kier alpha value is -2.54. The van der Waals surface area contributed by atoms with E-state index in [0.717, 1.165) is 12.8 Å². The maximum Gasteiger partial charge on any atom is 0.293 e. The summed E-state index contributed by atoms with van der Waals surface area (Å²) in [6.45, 7) is 0.529. The first-order valence-corrected chi connectivity index (χ1v) is 6.54. The molecule has 0 N–H and O–H groups in total. The van der Waals surface area contributed by atoms with Crippen LogP contribution in [0.3, 0.4) is 0 Å². The third kappa shape index (κ3) is 3.72. The van der Waals surface area contributed by atoms with Crippen molar-refractivity contribution in [3.05, 3.63) is 64.6 Å². The molecule has 0 aliphatic rings. The predicted molar refractivity (Wildman–Crippen MR) is 76.6 cm³/mol. The number of nitrogens with zero attached hydrogens (tertiary/aromatic N) is 2. The lowest BCUT2D eigenvalue weighted by atomic mass is 10.1. The highest BCUT2D eigenvalue weighted by molar-refractivity contribution is 5.18. The van der Waals surface area contributed by atoms with E-state index in [-0.39, 0.29) is 12.1 Å². The van der Waals surface area contributed by atoms with Crippen LogP contribution in [0.1, 0.15) is 12.0 Å². The van der Waals surface area contributed by atoms with E-state index >= 15 is 0 Å². The lowest BCUT2D eigenvalue weighted by molar-refractivity contribution is 0.304. The highest BCUT2D eigenvalue weighted by Crippen LogP contribution is 2.05. The SMILES string of the molecule is N#CCn1cccc(OCCCc2ccccc2)c1=O. The molecule has 0 aliphatic carbocycles. The van der Waals surface area contributed by atoms with Gasteiger partial charge in [-0.25, -0.2) is 0 Å². The summed E-state index contributed by atoms with van der Waals surface area (Å²) in [5.41, 5.74) is 1.000. The summed E-state index contributed by atoms with van der Waals surface area (Å²) in [4.78, 5) is 11.9. The second-order valence-electron chi connectivity index (χ2n) is 4.40. The minimum absolute atomic E-state index is 0.0417. The number of nitriles is 1. The van der Waals surface area contributed by atoms with Crippen molar-refractivity contribution in [2.24, 2.45) is 0 Å². The van der Waals surface area contributed by atoms with Crippen LogP contribution < -0.4 is 10.3 Å². The van der Waals surface area contributed by atoms with Gasteiger partial charge in [0, 0.05) is 6.20 Å². The number of hydrogen-bond acceptors (Lipinski definition) is 3. The van der Waals surface area contributed by atoms with Crippen molar-refractivity contribution in [1.29, 1.82) is 5.26 Å². The van der Waals surface area contributed by atoms with Gasteiger partial charge in [-0.05, 0) is 30.5 Å². The molecule has 2 aromatic rings. The molecule has 0 saturated carbocycles. The van der Waals surface area contributed by atoms with Gasteiger partial charge in [-0.15, -0.1) is 0 Å². The fraction of sp³-hybridized carbons (Fsp3) is 0.250. The molecule has 2 rings (SSSR count). The van der Waals surface area contributed by atoms with Crippen molar-refractivity contribution in [1.82, 2.24) is 4.57 Å². The summed E-state index contributed by atoms with van der Waals surface area (Å²) in [7, 11) is 0. The van der Waals surface area contributed by atoms with Crippen LogP contribution in [0.15, 0.2) is 53.5 Å². The maximum absolute atomic E-state index is 11.9. The molecule has 0 fully saturated rings. The van der Waals surface area contributed by atoms with Crippen molar-refractivity contribution in [2.75, 3.05) is 6.61 Å². The van der Waals surface area contributed by atoms with Crippen molar-refractivity contribution in [2.45, 2.75) is 19.4 Å². The molecule has 0 saturated heterocycles. The van der Waals surface area contributed by atoms with Gasteiger partial charge in [-0.2, -0.15) is 5.26 Å². The fourth-order valence-corrected chi connectivity index (χ4v) is 1.93. The van der Waals surface area contributed by atoms with Crippen LogP contribution in [0.5, 0.6) is 5.75 Å². The van der Waals surface area contributed by atoms with Gasteiger partial charge < -0.3 is 4.74 Å². The Balaban J connectivity index is 1.87. The van der Waals surface area contributed by atoms with E-state index in [2.05, 4.69) is 12.1 Å². The molecule has 0 spiro atoms. The average Bonchev–Trinajstić information content (AvgIpc) is 2.48. The molecule has 4 heteroatoms. The minimum atomic E-state index is -0.256. The molecule has 20 heavy (non-hydrogen) atoms. The van der Waals surface area contributed by atoms with Crippen molar-refractivity contribution < 1.29 is 4.74 Å². The average molecular weight is 268 g/mol. The van der Waals surface area contributed by atoms with Crippen LogP contribution in [0.4, 0.5) is 0 Å². The van der Waals surface area contributed by atoms with Crippen LogP contribution in [0.25, 0.3) is 0 Å². The summed E-state index contributed by atoms with van der Waals surface area (Å²) >= 11 is 0. The van der Waals surface area contributed by atoms with Crippen LogP contribution in [-0.4, -0.2) is 11.2 Å². The van der Waals surface area contributed by atoms with Crippen LogP contribution in [0.2, 0.25) is 0 Å². The third-order valence-corrected chi connectivity index (χ3v) is 2.94. The Labute approximate surface area is 117 Å². The summed E-state index contributed by atoms with van der Waals surface area (Å²) < 4.78 is 6.84. The molecular formula is C16H16N2O2. The summed E-state index contributed by atoms with van der Waals surface area (Å²) in [6, 6.07) is 15.4. The number of pyridine rings is 1. The Kier molecular flexibility index (Phi) is 4.96. The van der Waals surface area contributed by atoms with Crippen LogP contribution in [-0.2, 0) is 13.0 Å². The van der Waals surface area contributed by atoms with Gasteiger partial charge in [0.25, 0.3) is 5.56 Å². The molecule has 0 amide bonds. The quantitative estimate of drug-likeness (QED) is 0.756. The zero-order chi connectivity index (χ0) is 14.2. The molecule has 102 valence electrons. The molecule has 0 aliphatic heterocycles. The van der Waals surface area contributed by atoms with Gasteiger partial charge in [0.1, 0.15) is 6.54 Å². The van der Waals surface area contributed by atoms with E-state index in [1.165, 1.54) is 10.1 Å². The van der Waals surface area contributed by atoms with E-state index in [1.54, 1.807) is 18.3 Å². The molecule has 0 bridgehead atoms. The fourth-order valence-electron chi connectivity index (χ4n) is 1.93. The standard InChI is InChI=1S/C16H16N2O2/c17-10-12-18-11-4-9-15(16(18)19)20-13-5-8-14-6-2-1-3-7-14/h1-4,6-7,9,11H,5,8,12-13H2. The van der Waals surface area contributed by atoms with E-state index in [9.17, 15) is 4.79 Å². The highest BCUT2D eigenvalue weighted by atomic mass is 16.5. The van der Waals surface area contributed by atoms with Crippen molar-refractivity contribution in [3.8, 4) is 11.8 Å². The van der Waals surface area contributed by atoms with E-state index in [0.29, 0.717) is 12.4 Å². The van der Waals surface area contributed by atoms with E-state index < -0.39 is 0 Å². The second-order valence-corrected chi connectivity index (χ2v) is 4.40. The Morgan fingerprint density at radius 2 is 1.95 bits per heavy atom. The largest absolute Gasteiger partial charge is 0.488 e. The lowest BCUT2D eigenvalue weighted by Gasteiger charge is -2.07. The second kappa shape index (κ2) is 7.15. The van der Waals surface area contributed by atoms with E-state index in [1.807, 2.05) is 24.3 Å². The highest BCUT2D eigenvalue weighted by Gasteiger charge is 2.03. The zero-order valence-electron chi connectivity index (χ0n) is 11.2. The number of ether oxygens (including phenoxy) is 1.